The van der Waals surface area contributed by atoms with E-state index in [0.29, 0.717) is 11.1 Å². The number of fused-ring (bicyclic) bond motifs is 2. The third-order valence-electron chi connectivity index (χ3n) is 5.94. The predicted molar refractivity (Wildman–Crippen MR) is 89.2 cm³/mol. The van der Waals surface area contributed by atoms with Crippen LogP contribution in [0.15, 0.2) is 0 Å². The Labute approximate surface area is 127 Å². The number of unbranched alkanes of at least 4 members (excludes halogenated alkanes) is 2. The maximum Gasteiger partial charge on any atom is 0.0187 e. The molecule has 2 aliphatic heterocycles. The van der Waals surface area contributed by atoms with Gasteiger partial charge in [0.15, 0.2) is 0 Å². The molecule has 2 saturated heterocycles. The van der Waals surface area contributed by atoms with Crippen LogP contribution in [-0.4, -0.2) is 11.1 Å². The number of hydrogen-bond donors (Lipinski definition) is 1. The second kappa shape index (κ2) is 7.82. The summed E-state index contributed by atoms with van der Waals surface area (Å²) >= 11 is 0. The second-order valence-corrected chi connectivity index (χ2v) is 7.66. The topological polar surface area (TPSA) is 12.0 Å². The van der Waals surface area contributed by atoms with Gasteiger partial charge in [0.2, 0.25) is 0 Å². The number of nitrogens with one attached hydrogen (secondary N) is 1. The van der Waals surface area contributed by atoms with Crippen LogP contribution in [0.4, 0.5) is 0 Å². The van der Waals surface area contributed by atoms with Crippen molar-refractivity contribution < 1.29 is 0 Å². The molecule has 0 amide bonds. The molecule has 2 fully saturated rings. The average Bonchev–Trinajstić information content (AvgIpc) is 2.81. The summed E-state index contributed by atoms with van der Waals surface area (Å²) in [6, 6.07) is 0. The highest BCUT2D eigenvalue weighted by molar-refractivity contribution is 5.06. The molecule has 0 spiro atoms. The molecule has 2 unspecified atom stereocenters. The lowest BCUT2D eigenvalue weighted by atomic mass is 9.85. The Kier molecular flexibility index (Phi) is 6.39. The van der Waals surface area contributed by atoms with E-state index in [1.165, 1.54) is 96.3 Å². The van der Waals surface area contributed by atoms with Crippen LogP contribution < -0.4 is 5.32 Å². The monoisotopic (exact) mass is 279 g/mol. The molecule has 0 radical (unpaired) electrons. The number of rotatable bonds is 6. The summed E-state index contributed by atoms with van der Waals surface area (Å²) in [6.07, 6.45) is 21.5. The first-order valence-corrected chi connectivity index (χ1v) is 9.54. The van der Waals surface area contributed by atoms with Crippen LogP contribution in [0.3, 0.4) is 0 Å². The highest BCUT2D eigenvalue weighted by atomic mass is 15.1. The maximum absolute atomic E-state index is 4.26. The lowest BCUT2D eigenvalue weighted by Crippen LogP contribution is -2.50. The van der Waals surface area contributed by atoms with Gasteiger partial charge in [-0.2, -0.15) is 0 Å². The Balaban J connectivity index is 2.06. The van der Waals surface area contributed by atoms with Gasteiger partial charge in [0.1, 0.15) is 0 Å². The van der Waals surface area contributed by atoms with Crippen molar-refractivity contribution in [2.45, 2.75) is 121 Å². The molecule has 2 heterocycles. The minimum absolute atomic E-state index is 0.515. The first kappa shape index (κ1) is 16.3. The van der Waals surface area contributed by atoms with Crippen molar-refractivity contribution >= 4 is 0 Å². The summed E-state index contributed by atoms with van der Waals surface area (Å²) in [6.45, 7) is 4.69. The smallest absolute Gasteiger partial charge is 0.0187 e. The van der Waals surface area contributed by atoms with Gasteiger partial charge < -0.3 is 5.32 Å². The standard InChI is InChI=1S/C19H37N/c1-3-5-12-18-14-10-8-7-9-11-15-19(20-18,17-16-18)13-6-4-2/h20H,3-17H2,1-2H3. The largest absolute Gasteiger partial charge is 0.306 e. The maximum atomic E-state index is 4.26. The molecule has 0 aliphatic carbocycles. The van der Waals surface area contributed by atoms with Crippen molar-refractivity contribution in [2.75, 3.05) is 0 Å². The quantitative estimate of drug-likeness (QED) is 0.631. The zero-order valence-corrected chi connectivity index (χ0v) is 14.1. The fraction of sp³-hybridized carbons (Fsp3) is 1.00. The van der Waals surface area contributed by atoms with Gasteiger partial charge in [0, 0.05) is 11.1 Å². The van der Waals surface area contributed by atoms with Gasteiger partial charge in [-0.05, 0) is 38.5 Å². The number of hydrogen-bond acceptors (Lipinski definition) is 1. The van der Waals surface area contributed by atoms with Crippen molar-refractivity contribution in [3.63, 3.8) is 0 Å². The van der Waals surface area contributed by atoms with Crippen LogP contribution in [0.1, 0.15) is 110 Å². The minimum Gasteiger partial charge on any atom is -0.306 e. The summed E-state index contributed by atoms with van der Waals surface area (Å²) < 4.78 is 0. The Bertz CT molecular complexity index is 249. The summed E-state index contributed by atoms with van der Waals surface area (Å²) in [7, 11) is 0. The molecule has 0 saturated carbocycles. The summed E-state index contributed by atoms with van der Waals surface area (Å²) in [5, 5.41) is 4.26. The van der Waals surface area contributed by atoms with Gasteiger partial charge in [-0.25, -0.2) is 0 Å². The molecule has 118 valence electrons. The first-order chi connectivity index (χ1) is 9.74. The van der Waals surface area contributed by atoms with E-state index in [9.17, 15) is 0 Å². The Hall–Kier alpha value is -0.0400. The molecule has 2 atom stereocenters. The van der Waals surface area contributed by atoms with E-state index in [0.717, 1.165) is 0 Å². The lowest BCUT2D eigenvalue weighted by molar-refractivity contribution is 0.218. The fourth-order valence-corrected chi connectivity index (χ4v) is 4.65. The molecule has 0 aromatic rings. The van der Waals surface area contributed by atoms with Crippen molar-refractivity contribution in [3.05, 3.63) is 0 Å². The summed E-state index contributed by atoms with van der Waals surface area (Å²) in [5.74, 6) is 0. The zero-order chi connectivity index (χ0) is 14.3. The van der Waals surface area contributed by atoms with E-state index >= 15 is 0 Å². The van der Waals surface area contributed by atoms with Crippen LogP contribution in [0.2, 0.25) is 0 Å². The van der Waals surface area contributed by atoms with E-state index < -0.39 is 0 Å². The van der Waals surface area contributed by atoms with E-state index in [2.05, 4.69) is 19.2 Å². The molecular weight excluding hydrogens is 242 g/mol. The van der Waals surface area contributed by atoms with Crippen molar-refractivity contribution in [1.82, 2.24) is 5.32 Å². The van der Waals surface area contributed by atoms with Crippen molar-refractivity contribution in [1.29, 1.82) is 0 Å². The predicted octanol–water partition coefficient (Wildman–Crippen LogP) is 5.97. The highest BCUT2D eigenvalue weighted by Crippen LogP contribution is 2.43. The van der Waals surface area contributed by atoms with Crippen molar-refractivity contribution in [2.24, 2.45) is 0 Å². The lowest BCUT2D eigenvalue weighted by Gasteiger charge is -2.38. The van der Waals surface area contributed by atoms with Crippen LogP contribution in [0.5, 0.6) is 0 Å². The molecular formula is C19H37N. The molecule has 2 aliphatic rings. The van der Waals surface area contributed by atoms with Crippen LogP contribution in [0.25, 0.3) is 0 Å². The van der Waals surface area contributed by atoms with Gasteiger partial charge >= 0.3 is 0 Å². The van der Waals surface area contributed by atoms with Gasteiger partial charge in [-0.3, -0.25) is 0 Å². The van der Waals surface area contributed by atoms with E-state index in [1.54, 1.807) is 0 Å². The molecule has 2 rings (SSSR count). The molecule has 0 aromatic carbocycles. The third kappa shape index (κ3) is 4.23. The van der Waals surface area contributed by atoms with Crippen LogP contribution in [0, 0.1) is 0 Å². The Morgan fingerprint density at radius 2 is 1.10 bits per heavy atom. The Morgan fingerprint density at radius 1 is 0.650 bits per heavy atom. The molecule has 1 nitrogen and oxygen atoms in total. The Morgan fingerprint density at radius 3 is 1.55 bits per heavy atom. The van der Waals surface area contributed by atoms with Crippen LogP contribution in [-0.2, 0) is 0 Å². The molecule has 0 aromatic heterocycles. The molecule has 1 heteroatoms. The molecule has 2 bridgehead atoms. The second-order valence-electron chi connectivity index (χ2n) is 7.66. The normalized spacial score (nSPS) is 35.1. The van der Waals surface area contributed by atoms with Gasteiger partial charge in [-0.15, -0.1) is 0 Å². The summed E-state index contributed by atoms with van der Waals surface area (Å²) in [4.78, 5) is 0. The van der Waals surface area contributed by atoms with Gasteiger partial charge in [0.25, 0.3) is 0 Å². The third-order valence-corrected chi connectivity index (χ3v) is 5.94. The molecule has 1 N–H and O–H groups in total. The van der Waals surface area contributed by atoms with Gasteiger partial charge in [0.05, 0.1) is 0 Å². The SMILES string of the molecule is CCCCC12CCCCCCCC(CCCC)(CC1)N2. The summed E-state index contributed by atoms with van der Waals surface area (Å²) in [5.41, 5.74) is 1.03. The van der Waals surface area contributed by atoms with Crippen molar-refractivity contribution in [3.8, 4) is 0 Å². The van der Waals surface area contributed by atoms with E-state index in [-0.39, 0.29) is 0 Å². The first-order valence-electron chi connectivity index (χ1n) is 9.54. The average molecular weight is 280 g/mol. The minimum atomic E-state index is 0.515. The van der Waals surface area contributed by atoms with Crippen LogP contribution >= 0.6 is 0 Å². The zero-order valence-electron chi connectivity index (χ0n) is 14.1. The fourth-order valence-electron chi connectivity index (χ4n) is 4.65. The van der Waals surface area contributed by atoms with Gasteiger partial charge in [-0.1, -0.05) is 71.6 Å². The molecule has 20 heavy (non-hydrogen) atoms. The van der Waals surface area contributed by atoms with E-state index in [4.69, 9.17) is 0 Å². The highest BCUT2D eigenvalue weighted by Gasteiger charge is 2.45. The van der Waals surface area contributed by atoms with E-state index in [1.807, 2.05) is 0 Å².